The molecule has 1 saturated heterocycles. The molecule has 0 spiro atoms. The van der Waals surface area contributed by atoms with Crippen LogP contribution in [-0.2, 0) is 4.79 Å². The Morgan fingerprint density at radius 1 is 1.35 bits per heavy atom. The molecule has 0 radical (unpaired) electrons. The molecule has 106 valence electrons. The molecule has 7 heteroatoms. The van der Waals surface area contributed by atoms with Gasteiger partial charge in [0.25, 0.3) is 0 Å². The Labute approximate surface area is 117 Å². The quantitative estimate of drug-likeness (QED) is 0.534. The van der Waals surface area contributed by atoms with E-state index < -0.39 is 0 Å². The highest BCUT2D eigenvalue weighted by Crippen LogP contribution is 2.29. The SMILES string of the molecule is CC1CCC(=O)N1c1cccc(N=C(N)N=C(N)N)c1. The van der Waals surface area contributed by atoms with Crippen LogP contribution in [-0.4, -0.2) is 23.9 Å². The Bertz CT molecular complexity index is 576. The molecular weight excluding hydrogens is 256 g/mol. The predicted octanol–water partition coefficient (Wildman–Crippen LogP) is 0.422. The summed E-state index contributed by atoms with van der Waals surface area (Å²) in [6, 6.07) is 7.43. The van der Waals surface area contributed by atoms with E-state index in [0.717, 1.165) is 12.1 Å². The summed E-state index contributed by atoms with van der Waals surface area (Å²) in [6.45, 7) is 2.02. The minimum Gasteiger partial charge on any atom is -0.370 e. The van der Waals surface area contributed by atoms with Gasteiger partial charge in [0.05, 0.1) is 5.69 Å². The first-order valence-corrected chi connectivity index (χ1v) is 6.33. The molecule has 0 aliphatic carbocycles. The van der Waals surface area contributed by atoms with Crippen molar-refractivity contribution in [3.05, 3.63) is 24.3 Å². The Kier molecular flexibility index (Phi) is 3.88. The van der Waals surface area contributed by atoms with Gasteiger partial charge < -0.3 is 22.1 Å². The lowest BCUT2D eigenvalue weighted by Crippen LogP contribution is -2.30. The van der Waals surface area contributed by atoms with Crippen LogP contribution < -0.4 is 22.1 Å². The molecule has 1 heterocycles. The topological polar surface area (TPSA) is 123 Å². The first-order chi connectivity index (χ1) is 9.47. The summed E-state index contributed by atoms with van der Waals surface area (Å²) in [5.74, 6) is -0.0514. The average molecular weight is 274 g/mol. The van der Waals surface area contributed by atoms with Crippen molar-refractivity contribution >= 4 is 29.2 Å². The predicted molar refractivity (Wildman–Crippen MR) is 79.7 cm³/mol. The molecule has 2 rings (SSSR count). The maximum atomic E-state index is 11.9. The van der Waals surface area contributed by atoms with Crippen molar-refractivity contribution in [2.45, 2.75) is 25.8 Å². The molecular formula is C13H18N6O. The lowest BCUT2D eigenvalue weighted by molar-refractivity contribution is -0.117. The normalized spacial score (nSPS) is 19.2. The fourth-order valence-corrected chi connectivity index (χ4v) is 2.23. The second-order valence-electron chi connectivity index (χ2n) is 4.68. The highest BCUT2D eigenvalue weighted by atomic mass is 16.2. The van der Waals surface area contributed by atoms with Crippen LogP contribution in [0.5, 0.6) is 0 Å². The Morgan fingerprint density at radius 3 is 2.70 bits per heavy atom. The summed E-state index contributed by atoms with van der Waals surface area (Å²) in [6.07, 6.45) is 1.44. The van der Waals surface area contributed by atoms with E-state index in [0.29, 0.717) is 12.1 Å². The minimum atomic E-state index is -0.147. The zero-order valence-electron chi connectivity index (χ0n) is 11.3. The van der Waals surface area contributed by atoms with Gasteiger partial charge in [0.1, 0.15) is 0 Å². The van der Waals surface area contributed by atoms with E-state index in [1.165, 1.54) is 0 Å². The first-order valence-electron chi connectivity index (χ1n) is 6.33. The van der Waals surface area contributed by atoms with Crippen LogP contribution in [0.2, 0.25) is 0 Å². The first kappa shape index (κ1) is 13.9. The standard InChI is InChI=1S/C13H18N6O/c1-8-5-6-11(20)19(8)10-4-2-3-9(7-10)17-13(16)18-12(14)15/h2-4,7-8H,5-6H2,1H3,(H6,14,15,16,17,18). The van der Waals surface area contributed by atoms with Crippen LogP contribution in [0.3, 0.4) is 0 Å². The number of nitrogens with two attached hydrogens (primary N) is 3. The van der Waals surface area contributed by atoms with Gasteiger partial charge in [-0.2, -0.15) is 4.99 Å². The molecule has 1 atom stereocenters. The molecule has 1 aromatic rings. The monoisotopic (exact) mass is 274 g/mol. The largest absolute Gasteiger partial charge is 0.370 e. The Morgan fingerprint density at radius 2 is 2.10 bits per heavy atom. The van der Waals surface area contributed by atoms with Gasteiger partial charge in [-0.15, -0.1) is 0 Å². The van der Waals surface area contributed by atoms with Gasteiger partial charge in [0.15, 0.2) is 5.96 Å². The number of nitrogens with zero attached hydrogens (tertiary/aromatic N) is 3. The van der Waals surface area contributed by atoms with Gasteiger partial charge in [-0.05, 0) is 31.5 Å². The van der Waals surface area contributed by atoms with Crippen molar-refractivity contribution in [1.29, 1.82) is 0 Å². The number of hydrogen-bond donors (Lipinski definition) is 3. The molecule has 1 aromatic carbocycles. The number of carbonyl (C=O) groups excluding carboxylic acids is 1. The Hall–Kier alpha value is -2.57. The maximum Gasteiger partial charge on any atom is 0.227 e. The fourth-order valence-electron chi connectivity index (χ4n) is 2.23. The lowest BCUT2D eigenvalue weighted by Gasteiger charge is -2.21. The van der Waals surface area contributed by atoms with Gasteiger partial charge in [-0.1, -0.05) is 6.07 Å². The van der Waals surface area contributed by atoms with Crippen LogP contribution in [0.1, 0.15) is 19.8 Å². The summed E-state index contributed by atoms with van der Waals surface area (Å²) >= 11 is 0. The summed E-state index contributed by atoms with van der Waals surface area (Å²) < 4.78 is 0. The smallest absolute Gasteiger partial charge is 0.227 e. The highest BCUT2D eigenvalue weighted by Gasteiger charge is 2.28. The summed E-state index contributed by atoms with van der Waals surface area (Å²) in [4.78, 5) is 21.4. The van der Waals surface area contributed by atoms with Gasteiger partial charge in [0, 0.05) is 18.2 Å². The third-order valence-corrected chi connectivity index (χ3v) is 3.08. The van der Waals surface area contributed by atoms with E-state index in [-0.39, 0.29) is 23.9 Å². The molecule has 1 fully saturated rings. The van der Waals surface area contributed by atoms with E-state index in [9.17, 15) is 4.79 Å². The molecule has 1 amide bonds. The molecule has 0 aromatic heterocycles. The van der Waals surface area contributed by atoms with Crippen molar-refractivity contribution in [3.8, 4) is 0 Å². The van der Waals surface area contributed by atoms with E-state index in [1.807, 2.05) is 19.1 Å². The number of rotatable bonds is 2. The van der Waals surface area contributed by atoms with Crippen LogP contribution in [0.4, 0.5) is 11.4 Å². The molecule has 0 bridgehead atoms. The maximum absolute atomic E-state index is 11.9. The third kappa shape index (κ3) is 3.05. The number of guanidine groups is 2. The summed E-state index contributed by atoms with van der Waals surface area (Å²) in [5, 5.41) is 0. The third-order valence-electron chi connectivity index (χ3n) is 3.08. The fraction of sp³-hybridized carbons (Fsp3) is 0.308. The zero-order valence-corrected chi connectivity index (χ0v) is 11.3. The van der Waals surface area contributed by atoms with E-state index in [1.54, 1.807) is 17.0 Å². The lowest BCUT2D eigenvalue weighted by atomic mass is 10.2. The van der Waals surface area contributed by atoms with E-state index in [2.05, 4.69) is 9.98 Å². The molecule has 20 heavy (non-hydrogen) atoms. The number of aliphatic imine (C=N–C) groups is 2. The van der Waals surface area contributed by atoms with Crippen molar-refractivity contribution in [3.63, 3.8) is 0 Å². The van der Waals surface area contributed by atoms with Gasteiger partial charge in [-0.25, -0.2) is 4.99 Å². The number of benzene rings is 1. The van der Waals surface area contributed by atoms with Crippen molar-refractivity contribution in [2.75, 3.05) is 4.90 Å². The van der Waals surface area contributed by atoms with Crippen LogP contribution in [0.25, 0.3) is 0 Å². The summed E-state index contributed by atoms with van der Waals surface area (Å²) in [7, 11) is 0. The molecule has 1 aliphatic heterocycles. The van der Waals surface area contributed by atoms with E-state index in [4.69, 9.17) is 17.2 Å². The van der Waals surface area contributed by atoms with Crippen LogP contribution in [0, 0.1) is 0 Å². The van der Waals surface area contributed by atoms with Gasteiger partial charge in [0.2, 0.25) is 11.9 Å². The van der Waals surface area contributed by atoms with Crippen LogP contribution >= 0.6 is 0 Å². The number of amides is 1. The van der Waals surface area contributed by atoms with Crippen LogP contribution in [0.15, 0.2) is 34.3 Å². The van der Waals surface area contributed by atoms with Crippen molar-refractivity contribution in [1.82, 2.24) is 0 Å². The zero-order chi connectivity index (χ0) is 14.7. The second kappa shape index (κ2) is 5.60. The molecule has 1 unspecified atom stereocenters. The minimum absolute atomic E-state index is 0.0250. The summed E-state index contributed by atoms with van der Waals surface area (Å²) in [5.41, 5.74) is 17.4. The van der Waals surface area contributed by atoms with Gasteiger partial charge in [-0.3, -0.25) is 4.79 Å². The van der Waals surface area contributed by atoms with Crippen molar-refractivity contribution in [2.24, 2.45) is 27.2 Å². The molecule has 1 aliphatic rings. The Balaban J connectivity index is 2.29. The van der Waals surface area contributed by atoms with Crippen molar-refractivity contribution < 1.29 is 4.79 Å². The molecule has 6 N–H and O–H groups in total. The number of hydrogen-bond acceptors (Lipinski definition) is 2. The molecule has 0 saturated carbocycles. The second-order valence-corrected chi connectivity index (χ2v) is 4.68. The molecule has 7 nitrogen and oxygen atoms in total. The average Bonchev–Trinajstić information content (AvgIpc) is 2.68. The van der Waals surface area contributed by atoms with E-state index >= 15 is 0 Å². The highest BCUT2D eigenvalue weighted by molar-refractivity contribution is 5.97. The number of carbonyl (C=O) groups is 1. The number of anilines is 1. The van der Waals surface area contributed by atoms with Gasteiger partial charge >= 0.3 is 0 Å².